The number of fused-ring (bicyclic) bond motifs is 1. The number of benzene rings is 1. The first-order valence-electron chi connectivity index (χ1n) is 8.02. The Morgan fingerprint density at radius 2 is 1.88 bits per heavy atom. The Labute approximate surface area is 147 Å². The number of halogens is 2. The van der Waals surface area contributed by atoms with Gasteiger partial charge in [-0.25, -0.2) is 18.7 Å². The van der Waals surface area contributed by atoms with E-state index in [4.69, 9.17) is 0 Å². The molecule has 26 heavy (non-hydrogen) atoms. The van der Waals surface area contributed by atoms with Gasteiger partial charge < -0.3 is 14.2 Å². The number of aromatic nitrogens is 5. The van der Waals surface area contributed by atoms with Gasteiger partial charge in [0, 0.05) is 49.0 Å². The molecule has 4 aromatic rings. The fourth-order valence-corrected chi connectivity index (χ4v) is 2.95. The molecule has 132 valence electrons. The fraction of sp³-hybridized carbons (Fsp3) is 0.167. The maximum absolute atomic E-state index is 13.7. The minimum absolute atomic E-state index is 0.153. The molecule has 3 aromatic heterocycles. The van der Waals surface area contributed by atoms with Crippen molar-refractivity contribution in [2.45, 2.75) is 13.1 Å². The van der Waals surface area contributed by atoms with Gasteiger partial charge in [-0.05, 0) is 11.6 Å². The highest BCUT2D eigenvalue weighted by atomic mass is 19.2. The molecular weight excluding hydrogens is 340 g/mol. The first kappa shape index (κ1) is 16.3. The Morgan fingerprint density at radius 1 is 1.04 bits per heavy atom. The van der Waals surface area contributed by atoms with E-state index in [2.05, 4.69) is 15.0 Å². The third-order valence-electron chi connectivity index (χ3n) is 4.09. The lowest BCUT2D eigenvalue weighted by molar-refractivity contribution is 0.278. The van der Waals surface area contributed by atoms with Crippen LogP contribution in [0.5, 0.6) is 0 Å². The summed E-state index contributed by atoms with van der Waals surface area (Å²) in [6, 6.07) is 4.07. The molecule has 4 rings (SSSR count). The Balaban J connectivity index is 1.81. The molecular formula is C18H15F2N5O. The van der Waals surface area contributed by atoms with Gasteiger partial charge in [0.15, 0.2) is 11.6 Å². The zero-order valence-electron chi connectivity index (χ0n) is 13.7. The Morgan fingerprint density at radius 3 is 2.65 bits per heavy atom. The van der Waals surface area contributed by atoms with Crippen LogP contribution >= 0.6 is 0 Å². The van der Waals surface area contributed by atoms with E-state index in [1.54, 1.807) is 29.5 Å². The van der Waals surface area contributed by atoms with Crippen molar-refractivity contribution in [2.24, 2.45) is 0 Å². The number of hydrogen-bond acceptors (Lipinski definition) is 4. The molecule has 1 aromatic carbocycles. The average Bonchev–Trinajstić information content (AvgIpc) is 3.25. The number of pyridine rings is 1. The van der Waals surface area contributed by atoms with E-state index in [-0.39, 0.29) is 13.2 Å². The maximum Gasteiger partial charge on any atom is 0.161 e. The third kappa shape index (κ3) is 2.95. The summed E-state index contributed by atoms with van der Waals surface area (Å²) in [6.07, 6.45) is 8.63. The predicted octanol–water partition coefficient (Wildman–Crippen LogP) is 2.61. The van der Waals surface area contributed by atoms with E-state index >= 15 is 0 Å². The molecule has 6 nitrogen and oxygen atoms in total. The summed E-state index contributed by atoms with van der Waals surface area (Å²) in [5.74, 6) is -1.40. The molecule has 0 aliphatic carbocycles. The molecule has 0 saturated heterocycles. The van der Waals surface area contributed by atoms with Gasteiger partial charge in [-0.1, -0.05) is 0 Å². The standard InChI is InChI=1S/C18H15F2N5O/c19-14-6-16-17(7-15(14)20)25(3-4-26)18(23-16)13-5-12(8-22-9-13)10-24-2-1-21-11-24/h1-2,5-9,11,26H,3-4,10H2. The minimum atomic E-state index is -0.954. The number of rotatable bonds is 5. The van der Waals surface area contributed by atoms with Gasteiger partial charge in [-0.15, -0.1) is 0 Å². The van der Waals surface area contributed by atoms with Crippen LogP contribution in [0, 0.1) is 11.6 Å². The van der Waals surface area contributed by atoms with Crippen LogP contribution in [-0.2, 0) is 13.1 Å². The van der Waals surface area contributed by atoms with Crippen LogP contribution in [-0.4, -0.2) is 35.8 Å². The van der Waals surface area contributed by atoms with Crippen molar-refractivity contribution in [3.8, 4) is 11.4 Å². The molecule has 0 spiro atoms. The summed E-state index contributed by atoms with van der Waals surface area (Å²) in [6.45, 7) is 0.645. The molecule has 0 aliphatic rings. The molecule has 0 radical (unpaired) electrons. The monoisotopic (exact) mass is 355 g/mol. The molecule has 0 bridgehead atoms. The summed E-state index contributed by atoms with van der Waals surface area (Å²) in [4.78, 5) is 12.7. The number of nitrogens with zero attached hydrogens (tertiary/aromatic N) is 5. The van der Waals surface area contributed by atoms with Crippen LogP contribution in [0.2, 0.25) is 0 Å². The first-order valence-corrected chi connectivity index (χ1v) is 8.02. The van der Waals surface area contributed by atoms with Crippen LogP contribution in [0.15, 0.2) is 49.3 Å². The van der Waals surface area contributed by atoms with Crippen molar-refractivity contribution in [2.75, 3.05) is 6.61 Å². The van der Waals surface area contributed by atoms with Crippen LogP contribution in [0.25, 0.3) is 22.4 Å². The second kappa shape index (κ2) is 6.64. The summed E-state index contributed by atoms with van der Waals surface area (Å²) in [5.41, 5.74) is 2.38. The second-order valence-corrected chi connectivity index (χ2v) is 5.88. The first-order chi connectivity index (χ1) is 12.7. The van der Waals surface area contributed by atoms with E-state index in [1.807, 2.05) is 16.8 Å². The van der Waals surface area contributed by atoms with Gasteiger partial charge in [0.1, 0.15) is 5.82 Å². The van der Waals surface area contributed by atoms with E-state index in [1.165, 1.54) is 0 Å². The predicted molar refractivity (Wildman–Crippen MR) is 91.3 cm³/mol. The van der Waals surface area contributed by atoms with E-state index in [0.717, 1.165) is 17.7 Å². The zero-order valence-corrected chi connectivity index (χ0v) is 13.7. The molecule has 3 heterocycles. The van der Waals surface area contributed by atoms with Crippen molar-refractivity contribution in [3.63, 3.8) is 0 Å². The van der Waals surface area contributed by atoms with Crippen LogP contribution in [0.4, 0.5) is 8.78 Å². The molecule has 8 heteroatoms. The highest BCUT2D eigenvalue weighted by Gasteiger charge is 2.16. The smallest absolute Gasteiger partial charge is 0.161 e. The topological polar surface area (TPSA) is 68.8 Å². The minimum Gasteiger partial charge on any atom is -0.395 e. The van der Waals surface area contributed by atoms with Crippen LogP contribution in [0.1, 0.15) is 5.56 Å². The van der Waals surface area contributed by atoms with Gasteiger partial charge in [0.2, 0.25) is 0 Å². The lowest BCUT2D eigenvalue weighted by atomic mass is 10.2. The number of aliphatic hydroxyl groups is 1. The van der Waals surface area contributed by atoms with E-state index < -0.39 is 11.6 Å². The van der Waals surface area contributed by atoms with E-state index in [9.17, 15) is 13.9 Å². The molecule has 0 unspecified atom stereocenters. The fourth-order valence-electron chi connectivity index (χ4n) is 2.95. The van der Waals surface area contributed by atoms with Crippen LogP contribution in [0.3, 0.4) is 0 Å². The summed E-state index contributed by atoms with van der Waals surface area (Å²) in [7, 11) is 0. The largest absolute Gasteiger partial charge is 0.395 e. The molecule has 0 atom stereocenters. The Kier molecular flexibility index (Phi) is 4.18. The lowest BCUT2D eigenvalue weighted by Crippen LogP contribution is -2.05. The van der Waals surface area contributed by atoms with Crippen molar-refractivity contribution in [3.05, 3.63) is 66.5 Å². The molecule has 0 fully saturated rings. The maximum atomic E-state index is 13.7. The number of aliphatic hydroxyl groups excluding tert-OH is 1. The molecule has 1 N–H and O–H groups in total. The summed E-state index contributed by atoms with van der Waals surface area (Å²) in [5, 5.41) is 9.38. The highest BCUT2D eigenvalue weighted by molar-refractivity contribution is 5.80. The number of hydrogen-bond donors (Lipinski definition) is 1. The van der Waals surface area contributed by atoms with Crippen molar-refractivity contribution in [1.29, 1.82) is 0 Å². The van der Waals surface area contributed by atoms with Crippen molar-refractivity contribution in [1.82, 2.24) is 24.1 Å². The van der Waals surface area contributed by atoms with Gasteiger partial charge in [-0.2, -0.15) is 0 Å². The summed E-state index contributed by atoms with van der Waals surface area (Å²) < 4.78 is 30.8. The van der Waals surface area contributed by atoms with Gasteiger partial charge in [-0.3, -0.25) is 4.98 Å². The zero-order chi connectivity index (χ0) is 18.1. The van der Waals surface area contributed by atoms with Crippen LogP contribution < -0.4 is 0 Å². The SMILES string of the molecule is OCCn1c(-c2cncc(Cn3ccnc3)c2)nc2cc(F)c(F)cc21. The average molecular weight is 355 g/mol. The van der Waals surface area contributed by atoms with Crippen molar-refractivity contribution < 1.29 is 13.9 Å². The van der Waals surface area contributed by atoms with Gasteiger partial charge >= 0.3 is 0 Å². The molecule has 0 amide bonds. The summed E-state index contributed by atoms with van der Waals surface area (Å²) >= 11 is 0. The second-order valence-electron chi connectivity index (χ2n) is 5.88. The number of imidazole rings is 2. The lowest BCUT2D eigenvalue weighted by Gasteiger charge is -2.09. The Bertz CT molecular complexity index is 1060. The van der Waals surface area contributed by atoms with Crippen molar-refractivity contribution >= 4 is 11.0 Å². The van der Waals surface area contributed by atoms with Gasteiger partial charge in [0.05, 0.1) is 30.5 Å². The Hall–Kier alpha value is -3.13. The molecule has 0 aliphatic heterocycles. The highest BCUT2D eigenvalue weighted by Crippen LogP contribution is 2.26. The normalized spacial score (nSPS) is 11.3. The molecule has 0 saturated carbocycles. The van der Waals surface area contributed by atoms with Gasteiger partial charge in [0.25, 0.3) is 0 Å². The quantitative estimate of drug-likeness (QED) is 0.598. The van der Waals surface area contributed by atoms with E-state index in [0.29, 0.717) is 29.0 Å². The third-order valence-corrected chi connectivity index (χ3v) is 4.09.